The SMILES string of the molecule is CCCc1nc(N)nc(-c2ccc(C)cc2)n1. The normalized spacial score (nSPS) is 10.5. The molecular formula is C13H16N4. The summed E-state index contributed by atoms with van der Waals surface area (Å²) in [6, 6.07) is 8.07. The van der Waals surface area contributed by atoms with Gasteiger partial charge in [0.2, 0.25) is 5.95 Å². The van der Waals surface area contributed by atoms with E-state index < -0.39 is 0 Å². The van der Waals surface area contributed by atoms with E-state index in [0.717, 1.165) is 24.2 Å². The second-order valence-electron chi connectivity index (χ2n) is 4.05. The average Bonchev–Trinajstić information content (AvgIpc) is 2.29. The Kier molecular flexibility index (Phi) is 3.32. The maximum Gasteiger partial charge on any atom is 0.223 e. The molecule has 0 saturated carbocycles. The standard InChI is InChI=1S/C13H16N4/c1-3-4-11-15-12(17-13(14)16-11)10-7-5-9(2)6-8-10/h5-8H,3-4H2,1-2H3,(H2,14,15,16,17). The first-order chi connectivity index (χ1) is 8.19. The van der Waals surface area contributed by atoms with Gasteiger partial charge in [-0.05, 0) is 13.3 Å². The summed E-state index contributed by atoms with van der Waals surface area (Å²) in [5, 5.41) is 0. The zero-order valence-corrected chi connectivity index (χ0v) is 10.1. The highest BCUT2D eigenvalue weighted by Crippen LogP contribution is 2.16. The Labute approximate surface area is 101 Å². The largest absolute Gasteiger partial charge is 0.368 e. The molecule has 0 amide bonds. The number of aromatic nitrogens is 3. The maximum absolute atomic E-state index is 5.69. The highest BCUT2D eigenvalue weighted by Gasteiger charge is 2.05. The van der Waals surface area contributed by atoms with Gasteiger partial charge in [-0.1, -0.05) is 36.8 Å². The van der Waals surface area contributed by atoms with Crippen LogP contribution in [0, 0.1) is 6.92 Å². The molecule has 0 spiro atoms. The molecular weight excluding hydrogens is 212 g/mol. The van der Waals surface area contributed by atoms with E-state index in [4.69, 9.17) is 5.73 Å². The first-order valence-electron chi connectivity index (χ1n) is 5.76. The predicted octanol–water partition coefficient (Wildman–Crippen LogP) is 2.38. The summed E-state index contributed by atoms with van der Waals surface area (Å²) in [7, 11) is 0. The first kappa shape index (κ1) is 11.5. The van der Waals surface area contributed by atoms with Crippen LogP contribution in [0.3, 0.4) is 0 Å². The molecule has 0 radical (unpaired) electrons. The Morgan fingerprint density at radius 3 is 2.41 bits per heavy atom. The van der Waals surface area contributed by atoms with Crippen molar-refractivity contribution in [3.8, 4) is 11.4 Å². The number of nitrogens with two attached hydrogens (primary N) is 1. The number of hydrogen-bond donors (Lipinski definition) is 1. The molecule has 2 rings (SSSR count). The lowest BCUT2D eigenvalue weighted by Gasteiger charge is -2.04. The second-order valence-corrected chi connectivity index (χ2v) is 4.05. The highest BCUT2D eigenvalue weighted by atomic mass is 15.1. The minimum absolute atomic E-state index is 0.291. The summed E-state index contributed by atoms with van der Waals surface area (Å²) in [6.07, 6.45) is 1.82. The lowest BCUT2D eigenvalue weighted by atomic mass is 10.1. The van der Waals surface area contributed by atoms with Crippen molar-refractivity contribution in [2.24, 2.45) is 0 Å². The minimum Gasteiger partial charge on any atom is -0.368 e. The average molecular weight is 228 g/mol. The summed E-state index contributed by atoms with van der Waals surface area (Å²) in [4.78, 5) is 12.7. The van der Waals surface area contributed by atoms with Gasteiger partial charge in [-0.2, -0.15) is 9.97 Å². The van der Waals surface area contributed by atoms with Crippen LogP contribution in [0.5, 0.6) is 0 Å². The predicted molar refractivity (Wildman–Crippen MR) is 68.4 cm³/mol. The number of aryl methyl sites for hydroxylation is 2. The van der Waals surface area contributed by atoms with E-state index in [1.165, 1.54) is 5.56 Å². The minimum atomic E-state index is 0.291. The molecule has 17 heavy (non-hydrogen) atoms. The number of hydrogen-bond acceptors (Lipinski definition) is 4. The molecule has 1 heterocycles. The van der Waals surface area contributed by atoms with Crippen molar-refractivity contribution in [2.75, 3.05) is 5.73 Å². The summed E-state index contributed by atoms with van der Waals surface area (Å²) in [6.45, 7) is 4.14. The zero-order valence-electron chi connectivity index (χ0n) is 10.1. The molecule has 0 aliphatic rings. The fraction of sp³-hybridized carbons (Fsp3) is 0.308. The van der Waals surface area contributed by atoms with E-state index in [1.807, 2.05) is 31.2 Å². The number of anilines is 1. The van der Waals surface area contributed by atoms with Gasteiger partial charge in [0.05, 0.1) is 0 Å². The molecule has 0 atom stereocenters. The molecule has 1 aromatic heterocycles. The highest BCUT2D eigenvalue weighted by molar-refractivity contribution is 5.56. The van der Waals surface area contributed by atoms with Crippen molar-refractivity contribution < 1.29 is 0 Å². The van der Waals surface area contributed by atoms with E-state index >= 15 is 0 Å². The van der Waals surface area contributed by atoms with E-state index in [1.54, 1.807) is 0 Å². The topological polar surface area (TPSA) is 64.7 Å². The third-order valence-electron chi connectivity index (χ3n) is 2.48. The molecule has 4 heteroatoms. The molecule has 88 valence electrons. The third kappa shape index (κ3) is 2.78. The van der Waals surface area contributed by atoms with Crippen LogP contribution in [0.2, 0.25) is 0 Å². The molecule has 1 aromatic carbocycles. The van der Waals surface area contributed by atoms with Gasteiger partial charge in [0.1, 0.15) is 5.82 Å². The Morgan fingerprint density at radius 2 is 1.76 bits per heavy atom. The van der Waals surface area contributed by atoms with Gasteiger partial charge in [-0.15, -0.1) is 0 Å². The van der Waals surface area contributed by atoms with Crippen molar-refractivity contribution in [2.45, 2.75) is 26.7 Å². The zero-order chi connectivity index (χ0) is 12.3. The van der Waals surface area contributed by atoms with Gasteiger partial charge in [0, 0.05) is 12.0 Å². The van der Waals surface area contributed by atoms with Gasteiger partial charge < -0.3 is 5.73 Å². The van der Waals surface area contributed by atoms with E-state index in [9.17, 15) is 0 Å². The van der Waals surface area contributed by atoms with Crippen LogP contribution in [-0.4, -0.2) is 15.0 Å². The van der Waals surface area contributed by atoms with Gasteiger partial charge in [-0.25, -0.2) is 4.98 Å². The van der Waals surface area contributed by atoms with Crippen molar-refractivity contribution in [3.05, 3.63) is 35.7 Å². The van der Waals surface area contributed by atoms with Crippen LogP contribution < -0.4 is 5.73 Å². The fourth-order valence-electron chi connectivity index (χ4n) is 1.61. The summed E-state index contributed by atoms with van der Waals surface area (Å²) in [5.41, 5.74) is 7.88. The van der Waals surface area contributed by atoms with Crippen LogP contribution in [-0.2, 0) is 6.42 Å². The molecule has 0 fully saturated rings. The smallest absolute Gasteiger partial charge is 0.223 e. The quantitative estimate of drug-likeness (QED) is 0.876. The Hall–Kier alpha value is -1.97. The number of nitrogens with zero attached hydrogens (tertiary/aromatic N) is 3. The Balaban J connectivity index is 2.40. The summed E-state index contributed by atoms with van der Waals surface area (Å²) in [5.74, 6) is 1.70. The monoisotopic (exact) mass is 228 g/mol. The van der Waals surface area contributed by atoms with Crippen LogP contribution >= 0.6 is 0 Å². The van der Waals surface area contributed by atoms with Crippen molar-refractivity contribution >= 4 is 5.95 Å². The molecule has 2 aromatic rings. The molecule has 0 unspecified atom stereocenters. The maximum atomic E-state index is 5.69. The van der Waals surface area contributed by atoms with Gasteiger partial charge in [0.25, 0.3) is 0 Å². The molecule has 0 bridgehead atoms. The third-order valence-corrected chi connectivity index (χ3v) is 2.48. The van der Waals surface area contributed by atoms with Crippen LogP contribution in [0.1, 0.15) is 24.7 Å². The molecule has 2 N–H and O–H groups in total. The summed E-state index contributed by atoms with van der Waals surface area (Å²) >= 11 is 0. The van der Waals surface area contributed by atoms with Gasteiger partial charge in [0.15, 0.2) is 5.82 Å². The molecule has 0 aliphatic heterocycles. The Morgan fingerprint density at radius 1 is 1.06 bits per heavy atom. The fourth-order valence-corrected chi connectivity index (χ4v) is 1.61. The van der Waals surface area contributed by atoms with E-state index in [0.29, 0.717) is 11.8 Å². The number of benzene rings is 1. The van der Waals surface area contributed by atoms with Gasteiger partial charge in [-0.3, -0.25) is 0 Å². The number of nitrogen functional groups attached to an aromatic ring is 1. The van der Waals surface area contributed by atoms with Crippen molar-refractivity contribution in [3.63, 3.8) is 0 Å². The lowest BCUT2D eigenvalue weighted by Crippen LogP contribution is -2.04. The Bertz CT molecular complexity index is 505. The van der Waals surface area contributed by atoms with Crippen molar-refractivity contribution in [1.82, 2.24) is 15.0 Å². The molecule has 0 aliphatic carbocycles. The first-order valence-corrected chi connectivity index (χ1v) is 5.76. The van der Waals surface area contributed by atoms with Gasteiger partial charge >= 0.3 is 0 Å². The second kappa shape index (κ2) is 4.91. The molecule has 4 nitrogen and oxygen atoms in total. The summed E-state index contributed by atoms with van der Waals surface area (Å²) < 4.78 is 0. The lowest BCUT2D eigenvalue weighted by molar-refractivity contribution is 0.825. The van der Waals surface area contributed by atoms with E-state index in [2.05, 4.69) is 21.9 Å². The van der Waals surface area contributed by atoms with Crippen LogP contribution in [0.4, 0.5) is 5.95 Å². The van der Waals surface area contributed by atoms with Crippen LogP contribution in [0.25, 0.3) is 11.4 Å². The molecule has 0 saturated heterocycles. The van der Waals surface area contributed by atoms with E-state index in [-0.39, 0.29) is 0 Å². The number of rotatable bonds is 3. The van der Waals surface area contributed by atoms with Crippen LogP contribution in [0.15, 0.2) is 24.3 Å². The van der Waals surface area contributed by atoms with Crippen molar-refractivity contribution in [1.29, 1.82) is 0 Å².